The van der Waals surface area contributed by atoms with Gasteiger partial charge in [-0.3, -0.25) is 14.4 Å². The summed E-state index contributed by atoms with van der Waals surface area (Å²) in [6, 6.07) is 0.214. The number of unbranched alkanes of at least 4 members (excludes halogenated alkanes) is 2. The molecule has 11 heteroatoms. The van der Waals surface area contributed by atoms with Crippen LogP contribution in [0.15, 0.2) is 0 Å². The number of carbonyl (C=O) groups excluding carboxylic acids is 3. The number of nitrogens with one attached hydrogen (secondary N) is 4. The van der Waals surface area contributed by atoms with Crippen LogP contribution in [-0.4, -0.2) is 80.5 Å². The molecule has 1 saturated heterocycles. The molecule has 2 unspecified atom stereocenters. The first kappa shape index (κ1) is 26.6. The van der Waals surface area contributed by atoms with E-state index in [0.29, 0.717) is 45.9 Å². The predicted molar refractivity (Wildman–Crippen MR) is 113 cm³/mol. The molecule has 1 fully saturated rings. The Morgan fingerprint density at radius 2 is 1.48 bits per heavy atom. The Labute approximate surface area is 183 Å². The number of aliphatic carboxylic acids is 1. The monoisotopic (exact) mass is 444 g/mol. The summed E-state index contributed by atoms with van der Waals surface area (Å²) in [5, 5.41) is 19.6. The third-order valence-electron chi connectivity index (χ3n) is 4.77. The average Bonchev–Trinajstić information content (AvgIpc) is 3.04. The van der Waals surface area contributed by atoms with E-state index in [1.165, 1.54) is 0 Å². The number of rotatable bonds is 18. The number of hydrogen-bond acceptors (Lipinski definition) is 6. The highest BCUT2D eigenvalue weighted by atomic mass is 16.5. The summed E-state index contributed by atoms with van der Waals surface area (Å²) in [6.45, 7) is 4.21. The van der Waals surface area contributed by atoms with Gasteiger partial charge in [-0.25, -0.2) is 4.79 Å². The summed E-state index contributed by atoms with van der Waals surface area (Å²) in [6.07, 6.45) is 3.90. The van der Waals surface area contributed by atoms with Crippen LogP contribution in [0.4, 0.5) is 4.79 Å². The summed E-state index contributed by atoms with van der Waals surface area (Å²) in [5.74, 6) is -1.31. The number of ether oxygens (including phenoxy) is 2. The molecule has 5 N–H and O–H groups in total. The van der Waals surface area contributed by atoms with Gasteiger partial charge in [0, 0.05) is 32.0 Å². The van der Waals surface area contributed by atoms with Crippen LogP contribution in [0.3, 0.4) is 0 Å². The molecule has 4 amide bonds. The zero-order chi connectivity index (χ0) is 22.9. The first-order valence-corrected chi connectivity index (χ1v) is 10.9. The van der Waals surface area contributed by atoms with Crippen molar-refractivity contribution in [2.24, 2.45) is 0 Å². The third kappa shape index (κ3) is 14.3. The fourth-order valence-electron chi connectivity index (χ4n) is 3.04. The molecule has 0 aromatic heterocycles. The van der Waals surface area contributed by atoms with Crippen LogP contribution in [0, 0.1) is 0 Å². The predicted octanol–water partition coefficient (Wildman–Crippen LogP) is 0.137. The minimum absolute atomic E-state index is 0.00249. The molecule has 0 saturated carbocycles. The van der Waals surface area contributed by atoms with E-state index in [4.69, 9.17) is 14.6 Å². The van der Waals surface area contributed by atoms with E-state index in [0.717, 1.165) is 25.7 Å². The molecule has 0 aromatic rings. The van der Waals surface area contributed by atoms with Gasteiger partial charge in [0.05, 0.1) is 38.9 Å². The third-order valence-corrected chi connectivity index (χ3v) is 4.77. The van der Waals surface area contributed by atoms with E-state index in [1.807, 2.05) is 6.92 Å². The lowest BCUT2D eigenvalue weighted by Crippen LogP contribution is -2.30. The number of carbonyl (C=O) groups is 4. The molecule has 0 spiro atoms. The number of carboxylic acid groups (broad SMARTS) is 1. The van der Waals surface area contributed by atoms with Gasteiger partial charge in [0.15, 0.2) is 0 Å². The lowest BCUT2D eigenvalue weighted by Gasteiger charge is -2.13. The summed E-state index contributed by atoms with van der Waals surface area (Å²) in [7, 11) is 0. The SMILES string of the molecule is CC1NC(=O)NC1CCCCCC(=O)NCCOCCOCCNC(=O)CCC(=O)O. The Morgan fingerprint density at radius 3 is 2.03 bits per heavy atom. The van der Waals surface area contributed by atoms with Crippen LogP contribution >= 0.6 is 0 Å². The van der Waals surface area contributed by atoms with Crippen LogP contribution in [0.2, 0.25) is 0 Å². The van der Waals surface area contributed by atoms with E-state index in [1.54, 1.807) is 0 Å². The Bertz CT molecular complexity index is 574. The highest BCUT2D eigenvalue weighted by molar-refractivity contribution is 5.80. The van der Waals surface area contributed by atoms with Gasteiger partial charge in [0.1, 0.15) is 0 Å². The van der Waals surface area contributed by atoms with Crippen LogP contribution < -0.4 is 21.3 Å². The first-order chi connectivity index (χ1) is 14.9. The van der Waals surface area contributed by atoms with E-state index >= 15 is 0 Å². The zero-order valence-corrected chi connectivity index (χ0v) is 18.2. The summed E-state index contributed by atoms with van der Waals surface area (Å²) >= 11 is 0. The maximum Gasteiger partial charge on any atom is 0.315 e. The molecule has 0 aromatic carbocycles. The topological polar surface area (TPSA) is 155 Å². The smallest absolute Gasteiger partial charge is 0.315 e. The Kier molecular flexibility index (Phi) is 14.0. The van der Waals surface area contributed by atoms with Gasteiger partial charge in [-0.2, -0.15) is 0 Å². The fourth-order valence-corrected chi connectivity index (χ4v) is 3.04. The Morgan fingerprint density at radius 1 is 0.871 bits per heavy atom. The molecule has 31 heavy (non-hydrogen) atoms. The van der Waals surface area contributed by atoms with Gasteiger partial charge in [0.2, 0.25) is 11.8 Å². The number of hydrogen-bond donors (Lipinski definition) is 5. The average molecular weight is 445 g/mol. The maximum atomic E-state index is 11.8. The minimum atomic E-state index is -1.00. The van der Waals surface area contributed by atoms with Crippen molar-refractivity contribution in [3.05, 3.63) is 0 Å². The molecule has 0 bridgehead atoms. The molecular formula is C20H36N4O7. The second-order valence-electron chi connectivity index (χ2n) is 7.43. The number of amides is 4. The van der Waals surface area contributed by atoms with Crippen molar-refractivity contribution < 1.29 is 33.8 Å². The van der Waals surface area contributed by atoms with Gasteiger partial charge >= 0.3 is 12.0 Å². The van der Waals surface area contributed by atoms with Crippen molar-refractivity contribution >= 4 is 23.8 Å². The second kappa shape index (κ2) is 16.3. The number of carboxylic acids is 1. The molecule has 11 nitrogen and oxygen atoms in total. The van der Waals surface area contributed by atoms with Gasteiger partial charge in [-0.05, 0) is 19.8 Å². The van der Waals surface area contributed by atoms with Crippen molar-refractivity contribution in [3.63, 3.8) is 0 Å². The van der Waals surface area contributed by atoms with Crippen molar-refractivity contribution in [2.45, 2.75) is 64.0 Å². The molecule has 1 rings (SSSR count). The van der Waals surface area contributed by atoms with Gasteiger partial charge in [-0.15, -0.1) is 0 Å². The normalized spacial score (nSPS) is 17.6. The fraction of sp³-hybridized carbons (Fsp3) is 0.800. The van der Waals surface area contributed by atoms with Crippen molar-refractivity contribution in [3.8, 4) is 0 Å². The van der Waals surface area contributed by atoms with E-state index in [9.17, 15) is 19.2 Å². The van der Waals surface area contributed by atoms with E-state index < -0.39 is 5.97 Å². The summed E-state index contributed by atoms with van der Waals surface area (Å²) < 4.78 is 10.7. The molecule has 1 aliphatic heterocycles. The first-order valence-electron chi connectivity index (χ1n) is 10.9. The zero-order valence-electron chi connectivity index (χ0n) is 18.2. The van der Waals surface area contributed by atoms with Gasteiger partial charge in [0.25, 0.3) is 0 Å². The molecule has 0 radical (unpaired) electrons. The van der Waals surface area contributed by atoms with Crippen LogP contribution in [0.25, 0.3) is 0 Å². The van der Waals surface area contributed by atoms with Crippen molar-refractivity contribution in [1.29, 1.82) is 0 Å². The summed E-state index contributed by atoms with van der Waals surface area (Å²) in [4.78, 5) is 44.6. The van der Waals surface area contributed by atoms with Gasteiger partial charge < -0.3 is 35.8 Å². The molecule has 2 atom stereocenters. The molecule has 0 aliphatic carbocycles. The molecule has 1 heterocycles. The lowest BCUT2D eigenvalue weighted by atomic mass is 10.0. The lowest BCUT2D eigenvalue weighted by molar-refractivity contribution is -0.138. The largest absolute Gasteiger partial charge is 0.481 e. The Hall–Kier alpha value is -2.40. The van der Waals surface area contributed by atoms with Crippen molar-refractivity contribution in [1.82, 2.24) is 21.3 Å². The second-order valence-corrected chi connectivity index (χ2v) is 7.43. The molecule has 1 aliphatic rings. The molecular weight excluding hydrogens is 408 g/mol. The van der Waals surface area contributed by atoms with Crippen LogP contribution in [0.1, 0.15) is 51.9 Å². The quantitative estimate of drug-likeness (QED) is 0.188. The summed E-state index contributed by atoms with van der Waals surface area (Å²) in [5.41, 5.74) is 0. The number of urea groups is 1. The van der Waals surface area contributed by atoms with E-state index in [-0.39, 0.29) is 42.8 Å². The highest BCUT2D eigenvalue weighted by Gasteiger charge is 2.26. The van der Waals surface area contributed by atoms with Gasteiger partial charge in [-0.1, -0.05) is 12.8 Å². The highest BCUT2D eigenvalue weighted by Crippen LogP contribution is 2.11. The van der Waals surface area contributed by atoms with Crippen LogP contribution in [-0.2, 0) is 23.9 Å². The van der Waals surface area contributed by atoms with Crippen molar-refractivity contribution in [2.75, 3.05) is 39.5 Å². The minimum Gasteiger partial charge on any atom is -0.481 e. The standard InChI is InChI=1S/C20H36N4O7/c1-15-16(24-20(29)23-15)5-3-2-4-6-17(25)21-9-11-30-13-14-31-12-10-22-18(26)7-8-19(27)28/h15-16H,2-14H2,1H3,(H,21,25)(H,22,26)(H,27,28)(H2,23,24,29). The Balaban J connectivity index is 1.81. The maximum absolute atomic E-state index is 11.8. The van der Waals surface area contributed by atoms with E-state index in [2.05, 4.69) is 21.3 Å². The molecule has 178 valence electrons. The van der Waals surface area contributed by atoms with Crippen LogP contribution in [0.5, 0.6) is 0 Å².